The van der Waals surface area contributed by atoms with E-state index in [1.807, 2.05) is 13.1 Å². The number of carbonyl (C=O) groups is 1. The first-order valence-corrected chi connectivity index (χ1v) is 6.32. The van der Waals surface area contributed by atoms with Gasteiger partial charge in [-0.15, -0.1) is 0 Å². The van der Waals surface area contributed by atoms with Gasteiger partial charge in [0, 0.05) is 16.4 Å². The van der Waals surface area contributed by atoms with Crippen LogP contribution in [-0.4, -0.2) is 21.0 Å². The van der Waals surface area contributed by atoms with Crippen LogP contribution >= 0.6 is 15.9 Å². The van der Waals surface area contributed by atoms with E-state index in [0.29, 0.717) is 10.0 Å². The number of rotatable bonds is 2. The van der Waals surface area contributed by atoms with Crippen molar-refractivity contribution in [1.82, 2.24) is 9.97 Å². The van der Waals surface area contributed by atoms with Gasteiger partial charge in [0.1, 0.15) is 5.82 Å². The lowest BCUT2D eigenvalue weighted by molar-refractivity contribution is 0.0696. The van der Waals surface area contributed by atoms with Crippen LogP contribution in [0.2, 0.25) is 0 Å². The van der Waals surface area contributed by atoms with E-state index < -0.39 is 5.97 Å². The Kier molecular flexibility index (Phi) is 5.58. The van der Waals surface area contributed by atoms with E-state index >= 15 is 0 Å². The fraction of sp³-hybridized carbons (Fsp3) is 0.231. The van der Waals surface area contributed by atoms with Gasteiger partial charge in [0.15, 0.2) is 0 Å². The number of H-pyrrole nitrogens is 1. The summed E-state index contributed by atoms with van der Waals surface area (Å²) >= 11 is 3.12. The Morgan fingerprint density at radius 2 is 2.11 bits per heavy atom. The molecule has 2 aromatic rings. The molecule has 5 heteroatoms. The van der Waals surface area contributed by atoms with Crippen molar-refractivity contribution in [2.24, 2.45) is 0 Å². The molecule has 1 heterocycles. The third-order valence-electron chi connectivity index (χ3n) is 2.24. The van der Waals surface area contributed by atoms with Crippen molar-refractivity contribution in [1.29, 1.82) is 0 Å². The summed E-state index contributed by atoms with van der Waals surface area (Å²) < 4.78 is 0.613. The molecule has 0 atom stereocenters. The standard InChI is InChI=1S/C7H5BrO2.C6H10N2/c8-6-4-2-1-3-5(6)7(9)10;1-3-6-4-7-5(2)8-6/h1-4H,(H,9,10);4H,3H2,1-2H3,(H,7,8). The molecular formula is C13H15BrN2O2. The van der Waals surface area contributed by atoms with Gasteiger partial charge >= 0.3 is 5.97 Å². The van der Waals surface area contributed by atoms with Crippen molar-refractivity contribution >= 4 is 21.9 Å². The van der Waals surface area contributed by atoms with Crippen LogP contribution in [0.3, 0.4) is 0 Å². The Balaban J connectivity index is 0.000000184. The Morgan fingerprint density at radius 1 is 1.44 bits per heavy atom. The zero-order valence-electron chi connectivity index (χ0n) is 10.3. The van der Waals surface area contributed by atoms with Gasteiger partial charge in [-0.1, -0.05) is 19.1 Å². The Morgan fingerprint density at radius 3 is 2.44 bits per heavy atom. The Labute approximate surface area is 114 Å². The van der Waals surface area contributed by atoms with E-state index in [1.54, 1.807) is 24.3 Å². The number of nitrogens with zero attached hydrogens (tertiary/aromatic N) is 1. The third kappa shape index (κ3) is 4.33. The van der Waals surface area contributed by atoms with Crippen LogP contribution in [0, 0.1) is 6.92 Å². The topological polar surface area (TPSA) is 66.0 Å². The highest BCUT2D eigenvalue weighted by atomic mass is 79.9. The molecule has 0 amide bonds. The number of aromatic nitrogens is 2. The molecule has 0 radical (unpaired) electrons. The van der Waals surface area contributed by atoms with Crippen LogP contribution in [0.1, 0.15) is 28.8 Å². The summed E-state index contributed by atoms with van der Waals surface area (Å²) in [6.45, 7) is 4.06. The molecule has 1 aromatic heterocycles. The first-order chi connectivity index (χ1) is 8.54. The summed E-state index contributed by atoms with van der Waals surface area (Å²) in [7, 11) is 0. The third-order valence-corrected chi connectivity index (χ3v) is 2.93. The minimum atomic E-state index is -0.910. The summed E-state index contributed by atoms with van der Waals surface area (Å²) in [6.07, 6.45) is 2.91. The molecule has 2 rings (SSSR count). The number of hydrogen-bond acceptors (Lipinski definition) is 2. The van der Waals surface area contributed by atoms with Crippen molar-refractivity contribution in [2.75, 3.05) is 0 Å². The van der Waals surface area contributed by atoms with Crippen molar-refractivity contribution in [3.8, 4) is 0 Å². The monoisotopic (exact) mass is 310 g/mol. The van der Waals surface area contributed by atoms with E-state index in [1.165, 1.54) is 5.69 Å². The fourth-order valence-corrected chi connectivity index (χ4v) is 1.74. The van der Waals surface area contributed by atoms with Crippen LogP contribution in [0.25, 0.3) is 0 Å². The number of nitrogens with one attached hydrogen (secondary N) is 1. The molecule has 1 aromatic carbocycles. The molecule has 96 valence electrons. The number of aryl methyl sites for hydroxylation is 2. The minimum Gasteiger partial charge on any atom is -0.478 e. The van der Waals surface area contributed by atoms with Crippen molar-refractivity contribution in [2.45, 2.75) is 20.3 Å². The molecule has 4 nitrogen and oxygen atoms in total. The molecule has 2 N–H and O–H groups in total. The highest BCUT2D eigenvalue weighted by Gasteiger charge is 2.04. The average Bonchev–Trinajstić information content (AvgIpc) is 2.76. The highest BCUT2D eigenvalue weighted by molar-refractivity contribution is 9.10. The molecular weight excluding hydrogens is 296 g/mol. The molecule has 0 fully saturated rings. The lowest BCUT2D eigenvalue weighted by Crippen LogP contribution is -1.95. The molecule has 18 heavy (non-hydrogen) atoms. The molecule has 0 saturated heterocycles. The van der Waals surface area contributed by atoms with E-state index in [9.17, 15) is 4.79 Å². The van der Waals surface area contributed by atoms with E-state index in [-0.39, 0.29) is 0 Å². The Bertz CT molecular complexity index is 523. The van der Waals surface area contributed by atoms with Crippen LogP contribution in [0.5, 0.6) is 0 Å². The van der Waals surface area contributed by atoms with Gasteiger partial charge < -0.3 is 10.1 Å². The second-order valence-corrected chi connectivity index (χ2v) is 4.49. The maximum atomic E-state index is 10.4. The number of halogens is 1. The van der Waals surface area contributed by atoms with Gasteiger partial charge in [0.25, 0.3) is 0 Å². The molecule has 0 aliphatic carbocycles. The molecule has 0 aliphatic rings. The minimum absolute atomic E-state index is 0.294. The van der Waals surface area contributed by atoms with Gasteiger partial charge in [-0.05, 0) is 41.4 Å². The van der Waals surface area contributed by atoms with Gasteiger partial charge in [0.05, 0.1) is 5.56 Å². The van der Waals surface area contributed by atoms with Gasteiger partial charge in [0.2, 0.25) is 0 Å². The second-order valence-electron chi connectivity index (χ2n) is 3.63. The largest absolute Gasteiger partial charge is 0.478 e. The Hall–Kier alpha value is -1.62. The summed E-state index contributed by atoms with van der Waals surface area (Å²) in [5, 5.41) is 8.54. The predicted octanol–water partition coefficient (Wildman–Crippen LogP) is 3.43. The number of aromatic carboxylic acids is 1. The zero-order valence-corrected chi connectivity index (χ0v) is 11.9. The summed E-state index contributed by atoms with van der Waals surface area (Å²) in [5.41, 5.74) is 1.50. The van der Waals surface area contributed by atoms with Crippen molar-refractivity contribution < 1.29 is 9.90 Å². The number of carboxylic acid groups (broad SMARTS) is 1. The SMILES string of the molecule is CCc1cnc(C)[nH]1.O=C(O)c1ccccc1Br. The van der Waals surface area contributed by atoms with Crippen LogP contribution in [0.15, 0.2) is 34.9 Å². The van der Waals surface area contributed by atoms with Gasteiger partial charge in [-0.3, -0.25) is 0 Å². The summed E-state index contributed by atoms with van der Waals surface area (Å²) in [6, 6.07) is 6.71. The molecule has 0 aliphatic heterocycles. The van der Waals surface area contributed by atoms with E-state index in [4.69, 9.17) is 5.11 Å². The lowest BCUT2D eigenvalue weighted by atomic mass is 10.2. The number of hydrogen-bond donors (Lipinski definition) is 2. The second kappa shape index (κ2) is 6.96. The fourth-order valence-electron chi connectivity index (χ4n) is 1.29. The smallest absolute Gasteiger partial charge is 0.336 e. The first-order valence-electron chi connectivity index (χ1n) is 5.53. The molecule has 0 saturated carbocycles. The molecule has 0 spiro atoms. The van der Waals surface area contributed by atoms with E-state index in [0.717, 1.165) is 12.2 Å². The van der Waals surface area contributed by atoms with Crippen LogP contribution in [0.4, 0.5) is 0 Å². The number of benzene rings is 1. The number of aromatic amines is 1. The molecule has 0 bridgehead atoms. The van der Waals surface area contributed by atoms with E-state index in [2.05, 4.69) is 32.8 Å². The van der Waals surface area contributed by atoms with Gasteiger partial charge in [-0.25, -0.2) is 9.78 Å². The average molecular weight is 311 g/mol. The number of carboxylic acids is 1. The van der Waals surface area contributed by atoms with Gasteiger partial charge in [-0.2, -0.15) is 0 Å². The lowest BCUT2D eigenvalue weighted by Gasteiger charge is -1.94. The number of imidazole rings is 1. The van der Waals surface area contributed by atoms with Crippen LogP contribution < -0.4 is 0 Å². The summed E-state index contributed by atoms with van der Waals surface area (Å²) in [4.78, 5) is 17.5. The molecule has 0 unspecified atom stereocenters. The zero-order chi connectivity index (χ0) is 13.5. The maximum Gasteiger partial charge on any atom is 0.336 e. The predicted molar refractivity (Wildman–Crippen MR) is 73.8 cm³/mol. The summed E-state index contributed by atoms with van der Waals surface area (Å²) in [5.74, 6) is 0.0920. The highest BCUT2D eigenvalue weighted by Crippen LogP contribution is 2.14. The van der Waals surface area contributed by atoms with Crippen molar-refractivity contribution in [3.63, 3.8) is 0 Å². The normalized spacial score (nSPS) is 9.50. The maximum absolute atomic E-state index is 10.4. The van der Waals surface area contributed by atoms with Crippen molar-refractivity contribution in [3.05, 3.63) is 52.0 Å². The quantitative estimate of drug-likeness (QED) is 0.893. The first kappa shape index (κ1) is 14.4. The van der Waals surface area contributed by atoms with Crippen LogP contribution in [-0.2, 0) is 6.42 Å².